The fourth-order valence-corrected chi connectivity index (χ4v) is 1.12. The van der Waals surface area contributed by atoms with Gasteiger partial charge >= 0.3 is 0 Å². The van der Waals surface area contributed by atoms with Gasteiger partial charge in [-0.05, 0) is 12.8 Å². The third-order valence-corrected chi connectivity index (χ3v) is 1.88. The van der Waals surface area contributed by atoms with Gasteiger partial charge in [0.05, 0.1) is 5.92 Å². The van der Waals surface area contributed by atoms with Crippen LogP contribution in [0.3, 0.4) is 0 Å². The van der Waals surface area contributed by atoms with Gasteiger partial charge in [-0.15, -0.1) is 0 Å². The zero-order valence-corrected chi connectivity index (χ0v) is 5.54. The van der Waals surface area contributed by atoms with E-state index in [0.29, 0.717) is 0 Å². The molecule has 0 aromatic rings. The van der Waals surface area contributed by atoms with Gasteiger partial charge in [0, 0.05) is 26.3 Å². The average Bonchev–Trinajstić information content (AvgIpc) is 1.77. The Morgan fingerprint density at radius 1 is 1.50 bits per heavy atom. The predicted molar refractivity (Wildman–Crippen MR) is 36.5 cm³/mol. The maximum absolute atomic E-state index is 3.96. The van der Waals surface area contributed by atoms with Crippen LogP contribution in [0.2, 0.25) is 0 Å². The van der Waals surface area contributed by atoms with E-state index in [0.717, 1.165) is 0 Å². The Labute approximate surface area is 51.6 Å². The fraction of sp³-hybridized carbons (Fsp3) is 0.625. The molecule has 0 spiro atoms. The Balaban J connectivity index is 2.39. The molecular weight excluding hydrogens is 96.1 g/mol. The summed E-state index contributed by atoms with van der Waals surface area (Å²) in [6.45, 7) is 6.15. The maximum Gasteiger partial charge on any atom is 0.102 e. The molecule has 0 bridgehead atoms. The van der Waals surface area contributed by atoms with Crippen molar-refractivity contribution in [2.75, 3.05) is 0 Å². The van der Waals surface area contributed by atoms with E-state index < -0.39 is 0 Å². The van der Waals surface area contributed by atoms with Gasteiger partial charge < -0.3 is 0 Å². The SMILES string of the molecule is C=C1CCCC[C+]1C. The Kier molecular flexibility index (Phi) is 1.62. The molecule has 0 amide bonds. The molecule has 0 aliphatic heterocycles. The van der Waals surface area contributed by atoms with Gasteiger partial charge in [-0.1, -0.05) is 0 Å². The molecule has 0 aromatic carbocycles. The summed E-state index contributed by atoms with van der Waals surface area (Å²) >= 11 is 0. The highest BCUT2D eigenvalue weighted by atomic mass is 14.2. The Hall–Kier alpha value is -0.390. The molecule has 44 valence electrons. The van der Waals surface area contributed by atoms with Gasteiger partial charge in [0.25, 0.3) is 0 Å². The van der Waals surface area contributed by atoms with E-state index in [-0.39, 0.29) is 0 Å². The molecular formula is C8H13+. The monoisotopic (exact) mass is 109 g/mol. The molecule has 0 radical (unpaired) electrons. The second-order valence-corrected chi connectivity index (χ2v) is 2.59. The van der Waals surface area contributed by atoms with E-state index >= 15 is 0 Å². The first kappa shape index (κ1) is 5.74. The smallest absolute Gasteiger partial charge is 0.0436 e. The summed E-state index contributed by atoms with van der Waals surface area (Å²) in [6.07, 6.45) is 5.27. The van der Waals surface area contributed by atoms with E-state index in [9.17, 15) is 0 Å². The highest BCUT2D eigenvalue weighted by Gasteiger charge is 2.18. The molecule has 0 heteroatoms. The number of rotatable bonds is 0. The van der Waals surface area contributed by atoms with Crippen LogP contribution in [0.1, 0.15) is 32.6 Å². The van der Waals surface area contributed by atoms with Crippen LogP contribution in [0.25, 0.3) is 0 Å². The lowest BCUT2D eigenvalue weighted by Crippen LogP contribution is -2.01. The van der Waals surface area contributed by atoms with E-state index in [4.69, 9.17) is 0 Å². The minimum atomic E-state index is 1.24. The summed E-state index contributed by atoms with van der Waals surface area (Å²) in [5, 5.41) is 0. The highest BCUT2D eigenvalue weighted by molar-refractivity contribution is 5.20. The first-order valence-electron chi connectivity index (χ1n) is 3.31. The van der Waals surface area contributed by atoms with Crippen molar-refractivity contribution in [3.8, 4) is 0 Å². The predicted octanol–water partition coefficient (Wildman–Crippen LogP) is 2.71. The van der Waals surface area contributed by atoms with Crippen molar-refractivity contribution in [2.24, 2.45) is 0 Å². The normalized spacial score (nSPS) is 21.6. The van der Waals surface area contributed by atoms with Gasteiger partial charge in [-0.2, -0.15) is 0 Å². The van der Waals surface area contributed by atoms with Crippen molar-refractivity contribution in [1.82, 2.24) is 0 Å². The zero-order chi connectivity index (χ0) is 5.98. The van der Waals surface area contributed by atoms with Crippen LogP contribution >= 0.6 is 0 Å². The second-order valence-electron chi connectivity index (χ2n) is 2.59. The van der Waals surface area contributed by atoms with Gasteiger partial charge in [0.1, 0.15) is 5.57 Å². The quantitative estimate of drug-likeness (QED) is 0.419. The molecule has 0 heterocycles. The van der Waals surface area contributed by atoms with Gasteiger partial charge in [0.15, 0.2) is 0 Å². The highest BCUT2D eigenvalue weighted by Crippen LogP contribution is 2.28. The van der Waals surface area contributed by atoms with E-state index in [2.05, 4.69) is 13.5 Å². The van der Waals surface area contributed by atoms with E-state index in [1.807, 2.05) is 0 Å². The van der Waals surface area contributed by atoms with Crippen molar-refractivity contribution in [2.45, 2.75) is 32.6 Å². The summed E-state index contributed by atoms with van der Waals surface area (Å²) in [6, 6.07) is 0. The van der Waals surface area contributed by atoms with E-state index in [1.165, 1.54) is 37.2 Å². The number of hydrogen-bond acceptors (Lipinski definition) is 0. The van der Waals surface area contributed by atoms with Crippen LogP contribution in [0.4, 0.5) is 0 Å². The van der Waals surface area contributed by atoms with Crippen molar-refractivity contribution >= 4 is 0 Å². The third kappa shape index (κ3) is 1.06. The Morgan fingerprint density at radius 2 is 2.25 bits per heavy atom. The fourth-order valence-electron chi connectivity index (χ4n) is 1.12. The molecule has 1 aliphatic rings. The minimum absolute atomic E-state index is 1.24. The minimum Gasteiger partial charge on any atom is -0.0436 e. The van der Waals surface area contributed by atoms with Crippen LogP contribution in [0, 0.1) is 5.92 Å². The molecule has 0 unspecified atom stereocenters. The van der Waals surface area contributed by atoms with Crippen molar-refractivity contribution in [1.29, 1.82) is 0 Å². The molecule has 8 heavy (non-hydrogen) atoms. The maximum atomic E-state index is 3.96. The van der Waals surface area contributed by atoms with Gasteiger partial charge in [-0.25, -0.2) is 0 Å². The molecule has 0 saturated heterocycles. The van der Waals surface area contributed by atoms with Crippen LogP contribution in [0.15, 0.2) is 12.2 Å². The zero-order valence-electron chi connectivity index (χ0n) is 5.54. The molecule has 1 saturated carbocycles. The van der Waals surface area contributed by atoms with Crippen LogP contribution < -0.4 is 0 Å². The summed E-state index contributed by atoms with van der Waals surface area (Å²) in [4.78, 5) is 0. The molecule has 0 N–H and O–H groups in total. The summed E-state index contributed by atoms with van der Waals surface area (Å²) in [5.74, 6) is 1.52. The summed E-state index contributed by atoms with van der Waals surface area (Å²) in [5.41, 5.74) is 1.39. The topological polar surface area (TPSA) is 0 Å². The van der Waals surface area contributed by atoms with Gasteiger partial charge in [-0.3, -0.25) is 0 Å². The van der Waals surface area contributed by atoms with Crippen molar-refractivity contribution in [3.63, 3.8) is 0 Å². The van der Waals surface area contributed by atoms with Crippen molar-refractivity contribution < 1.29 is 0 Å². The first-order valence-corrected chi connectivity index (χ1v) is 3.31. The summed E-state index contributed by atoms with van der Waals surface area (Å²) in [7, 11) is 0. The van der Waals surface area contributed by atoms with Crippen molar-refractivity contribution in [3.05, 3.63) is 18.1 Å². The number of hydrogen-bond donors (Lipinski definition) is 0. The lowest BCUT2D eigenvalue weighted by atomic mass is 9.87. The molecule has 0 aromatic heterocycles. The third-order valence-electron chi connectivity index (χ3n) is 1.88. The van der Waals surface area contributed by atoms with E-state index in [1.54, 1.807) is 0 Å². The summed E-state index contributed by atoms with van der Waals surface area (Å²) < 4.78 is 0. The Bertz CT molecular complexity index is 92.2. The molecule has 0 nitrogen and oxygen atoms in total. The molecule has 0 atom stereocenters. The average molecular weight is 109 g/mol. The second kappa shape index (κ2) is 2.25. The molecule has 1 fully saturated rings. The lowest BCUT2D eigenvalue weighted by Gasteiger charge is -2.11. The number of allylic oxidation sites excluding steroid dienone is 1. The molecule has 1 aliphatic carbocycles. The van der Waals surface area contributed by atoms with Gasteiger partial charge in [0.2, 0.25) is 0 Å². The van der Waals surface area contributed by atoms with Crippen LogP contribution in [-0.4, -0.2) is 0 Å². The first-order chi connectivity index (χ1) is 3.80. The lowest BCUT2D eigenvalue weighted by molar-refractivity contribution is 0.628. The van der Waals surface area contributed by atoms with Crippen LogP contribution in [0.5, 0.6) is 0 Å². The largest absolute Gasteiger partial charge is 0.102 e. The Morgan fingerprint density at radius 3 is 2.62 bits per heavy atom. The molecule has 1 rings (SSSR count). The van der Waals surface area contributed by atoms with Crippen LogP contribution in [-0.2, 0) is 0 Å². The standard InChI is InChI=1S/C8H13/c1-7-5-3-4-6-8(7)2/h1,3-6H2,2H3/q+1.